The zero-order chi connectivity index (χ0) is 15.3. The van der Waals surface area contributed by atoms with Gasteiger partial charge in [-0.25, -0.2) is 8.42 Å². The number of rotatable bonds is 6. The fourth-order valence-corrected chi connectivity index (χ4v) is 3.50. The van der Waals surface area contributed by atoms with Gasteiger partial charge in [-0.1, -0.05) is 18.2 Å². The minimum atomic E-state index is -3.33. The molecule has 1 amide bonds. The number of carbonyl (C=O) groups excluding carboxylic acids is 1. The molecule has 2 rings (SSSR count). The summed E-state index contributed by atoms with van der Waals surface area (Å²) in [6.07, 6.45) is 2.42. The summed E-state index contributed by atoms with van der Waals surface area (Å²) in [6, 6.07) is 8.73. The Morgan fingerprint density at radius 1 is 1.38 bits per heavy atom. The minimum Gasteiger partial charge on any atom is -0.492 e. The molecule has 0 saturated carbocycles. The lowest BCUT2D eigenvalue weighted by Crippen LogP contribution is -2.46. The van der Waals surface area contributed by atoms with Gasteiger partial charge in [0.2, 0.25) is 15.9 Å². The van der Waals surface area contributed by atoms with Crippen LogP contribution in [0.2, 0.25) is 0 Å². The van der Waals surface area contributed by atoms with Crippen LogP contribution in [0.4, 0.5) is 0 Å². The number of carbonyl (C=O) groups is 1. The molecule has 0 bridgehead atoms. The van der Waals surface area contributed by atoms with Crippen LogP contribution in [-0.4, -0.2) is 50.6 Å². The van der Waals surface area contributed by atoms with Gasteiger partial charge in [0.15, 0.2) is 0 Å². The Morgan fingerprint density at radius 3 is 2.76 bits per heavy atom. The number of hydrogen-bond donors (Lipinski definition) is 1. The Bertz CT molecular complexity index is 574. The summed E-state index contributed by atoms with van der Waals surface area (Å²) in [6.45, 7) is 1.11. The van der Waals surface area contributed by atoms with Crippen LogP contribution < -0.4 is 10.1 Å². The third kappa shape index (κ3) is 4.44. The van der Waals surface area contributed by atoms with Crippen molar-refractivity contribution in [3.63, 3.8) is 0 Å². The number of nitrogens with one attached hydrogen (secondary N) is 1. The van der Waals surface area contributed by atoms with E-state index in [4.69, 9.17) is 4.74 Å². The highest BCUT2D eigenvalue weighted by Crippen LogP contribution is 2.20. The molecule has 1 aromatic carbocycles. The average Bonchev–Trinajstić information content (AvgIpc) is 2.94. The Kier molecular flexibility index (Phi) is 5.19. The normalized spacial score (nSPS) is 19.4. The van der Waals surface area contributed by atoms with Gasteiger partial charge in [0.25, 0.3) is 0 Å². The van der Waals surface area contributed by atoms with Crippen molar-refractivity contribution >= 4 is 15.9 Å². The summed E-state index contributed by atoms with van der Waals surface area (Å²) in [4.78, 5) is 12.0. The van der Waals surface area contributed by atoms with Crippen molar-refractivity contribution in [2.75, 3.05) is 26.0 Å². The quantitative estimate of drug-likeness (QED) is 0.781. The number of para-hydroxylation sites is 1. The second kappa shape index (κ2) is 6.91. The number of sulfonamides is 1. The van der Waals surface area contributed by atoms with Crippen molar-refractivity contribution in [1.29, 1.82) is 0 Å². The van der Waals surface area contributed by atoms with E-state index in [9.17, 15) is 13.2 Å². The van der Waals surface area contributed by atoms with Gasteiger partial charge in [-0.05, 0) is 25.0 Å². The Balaban J connectivity index is 1.77. The first-order valence-electron chi connectivity index (χ1n) is 6.91. The van der Waals surface area contributed by atoms with E-state index in [2.05, 4.69) is 5.32 Å². The molecule has 21 heavy (non-hydrogen) atoms. The molecule has 1 aromatic rings. The Hall–Kier alpha value is -1.60. The molecule has 0 aliphatic carbocycles. The zero-order valence-electron chi connectivity index (χ0n) is 12.0. The predicted molar refractivity (Wildman–Crippen MR) is 79.5 cm³/mol. The number of amides is 1. The summed E-state index contributed by atoms with van der Waals surface area (Å²) in [5.74, 6) is 0.486. The van der Waals surface area contributed by atoms with Crippen molar-refractivity contribution in [2.24, 2.45) is 0 Å². The van der Waals surface area contributed by atoms with Crippen molar-refractivity contribution < 1.29 is 17.9 Å². The molecule has 116 valence electrons. The summed E-state index contributed by atoms with van der Waals surface area (Å²) in [7, 11) is -3.33. The van der Waals surface area contributed by atoms with Crippen LogP contribution in [0.5, 0.6) is 5.75 Å². The molecular weight excluding hydrogens is 292 g/mol. The third-order valence-electron chi connectivity index (χ3n) is 3.35. The number of ether oxygens (including phenoxy) is 1. The van der Waals surface area contributed by atoms with E-state index < -0.39 is 16.1 Å². The van der Waals surface area contributed by atoms with Crippen molar-refractivity contribution in [2.45, 2.75) is 18.9 Å². The number of hydrogen-bond acceptors (Lipinski definition) is 4. The van der Waals surface area contributed by atoms with Crippen LogP contribution in [0.25, 0.3) is 0 Å². The van der Waals surface area contributed by atoms with Gasteiger partial charge in [0, 0.05) is 6.54 Å². The first kappa shape index (κ1) is 15.8. The van der Waals surface area contributed by atoms with Crippen LogP contribution in [0, 0.1) is 0 Å². The molecule has 1 saturated heterocycles. The molecule has 1 fully saturated rings. The second-order valence-corrected chi connectivity index (χ2v) is 6.92. The maximum atomic E-state index is 12.0. The fraction of sp³-hybridized carbons (Fsp3) is 0.500. The first-order valence-corrected chi connectivity index (χ1v) is 8.75. The molecule has 1 aliphatic heterocycles. The highest BCUT2D eigenvalue weighted by Gasteiger charge is 2.36. The van der Waals surface area contributed by atoms with Gasteiger partial charge in [-0.2, -0.15) is 4.31 Å². The zero-order valence-corrected chi connectivity index (χ0v) is 12.8. The van der Waals surface area contributed by atoms with Crippen LogP contribution in [0.1, 0.15) is 12.8 Å². The molecular formula is C14H20N2O4S. The lowest BCUT2D eigenvalue weighted by Gasteiger charge is -2.21. The molecule has 1 unspecified atom stereocenters. The maximum Gasteiger partial charge on any atom is 0.238 e. The van der Waals surface area contributed by atoms with Crippen LogP contribution in [0.3, 0.4) is 0 Å². The summed E-state index contributed by atoms with van der Waals surface area (Å²) in [5.41, 5.74) is 0. The smallest absolute Gasteiger partial charge is 0.238 e. The standard InChI is InChI=1S/C14H20N2O4S/c1-21(18,19)16-10-5-8-13(16)14(17)15-9-11-20-12-6-3-2-4-7-12/h2-4,6-7,13H,5,8-11H2,1H3,(H,15,17). The van der Waals surface area contributed by atoms with E-state index in [1.807, 2.05) is 30.3 Å². The monoisotopic (exact) mass is 312 g/mol. The predicted octanol–water partition coefficient (Wildman–Crippen LogP) is 0.606. The molecule has 1 aliphatic rings. The van der Waals surface area contributed by atoms with E-state index in [-0.39, 0.29) is 5.91 Å². The molecule has 1 heterocycles. The van der Waals surface area contributed by atoms with Crippen LogP contribution >= 0.6 is 0 Å². The van der Waals surface area contributed by atoms with E-state index in [1.165, 1.54) is 4.31 Å². The second-order valence-electron chi connectivity index (χ2n) is 4.98. The highest BCUT2D eigenvalue weighted by molar-refractivity contribution is 7.88. The summed E-state index contributed by atoms with van der Waals surface area (Å²) < 4.78 is 29.9. The fourth-order valence-electron chi connectivity index (χ4n) is 2.38. The molecule has 0 aromatic heterocycles. The first-order chi connectivity index (χ1) is 9.98. The molecule has 1 N–H and O–H groups in total. The molecule has 0 radical (unpaired) electrons. The third-order valence-corrected chi connectivity index (χ3v) is 4.63. The van der Waals surface area contributed by atoms with Gasteiger partial charge in [0.1, 0.15) is 18.4 Å². The SMILES string of the molecule is CS(=O)(=O)N1CCCC1C(=O)NCCOc1ccccc1. The number of benzene rings is 1. The largest absolute Gasteiger partial charge is 0.492 e. The van der Waals surface area contributed by atoms with Crippen LogP contribution in [-0.2, 0) is 14.8 Å². The van der Waals surface area contributed by atoms with Gasteiger partial charge in [-0.15, -0.1) is 0 Å². The van der Waals surface area contributed by atoms with E-state index in [0.717, 1.165) is 12.0 Å². The average molecular weight is 312 g/mol. The lowest BCUT2D eigenvalue weighted by molar-refractivity contribution is -0.124. The summed E-state index contributed by atoms with van der Waals surface area (Å²) >= 11 is 0. The van der Waals surface area contributed by atoms with Crippen molar-refractivity contribution in [1.82, 2.24) is 9.62 Å². The van der Waals surface area contributed by atoms with Crippen LogP contribution in [0.15, 0.2) is 30.3 Å². The number of nitrogens with zero attached hydrogens (tertiary/aromatic N) is 1. The van der Waals surface area contributed by atoms with Gasteiger partial charge in [0.05, 0.1) is 12.8 Å². The Morgan fingerprint density at radius 2 is 2.10 bits per heavy atom. The van der Waals surface area contributed by atoms with Crippen molar-refractivity contribution in [3.8, 4) is 5.75 Å². The topological polar surface area (TPSA) is 75.7 Å². The highest BCUT2D eigenvalue weighted by atomic mass is 32.2. The molecule has 0 spiro atoms. The maximum absolute atomic E-state index is 12.0. The summed E-state index contributed by atoms with van der Waals surface area (Å²) in [5, 5.41) is 2.73. The lowest BCUT2D eigenvalue weighted by atomic mass is 10.2. The van der Waals surface area contributed by atoms with Gasteiger partial charge >= 0.3 is 0 Å². The van der Waals surface area contributed by atoms with Gasteiger partial charge < -0.3 is 10.1 Å². The van der Waals surface area contributed by atoms with E-state index in [1.54, 1.807) is 0 Å². The Labute approximate surface area is 125 Å². The molecule has 6 nitrogen and oxygen atoms in total. The van der Waals surface area contributed by atoms with E-state index in [0.29, 0.717) is 32.5 Å². The van der Waals surface area contributed by atoms with Gasteiger partial charge in [-0.3, -0.25) is 4.79 Å². The van der Waals surface area contributed by atoms with E-state index >= 15 is 0 Å². The van der Waals surface area contributed by atoms with Crippen molar-refractivity contribution in [3.05, 3.63) is 30.3 Å². The molecule has 1 atom stereocenters. The molecule has 7 heteroatoms. The minimum absolute atomic E-state index is 0.255.